The van der Waals surface area contributed by atoms with E-state index in [1.165, 1.54) is 0 Å². The average molecular weight is 464 g/mol. The zero-order valence-corrected chi connectivity index (χ0v) is 19.2. The van der Waals surface area contributed by atoms with E-state index in [4.69, 9.17) is 0 Å². The summed E-state index contributed by atoms with van der Waals surface area (Å²) in [5.41, 5.74) is 3.46. The summed E-state index contributed by atoms with van der Waals surface area (Å²) in [6.07, 6.45) is 7.00. The third kappa shape index (κ3) is 2.86. The highest BCUT2D eigenvalue weighted by atomic mass is 16.4. The Bertz CT molecular complexity index is 1490. The van der Waals surface area contributed by atoms with E-state index in [0.29, 0.717) is 24.9 Å². The Labute approximate surface area is 202 Å². The van der Waals surface area contributed by atoms with Crippen molar-refractivity contribution in [3.8, 4) is 11.1 Å². The quantitative estimate of drug-likeness (QED) is 0.409. The average Bonchev–Trinajstić information content (AvgIpc) is 3.79. The fourth-order valence-electron chi connectivity index (χ4n) is 6.25. The summed E-state index contributed by atoms with van der Waals surface area (Å²) < 4.78 is 2.07. The van der Waals surface area contributed by atoms with Gasteiger partial charge in [-0.05, 0) is 49.4 Å². The highest BCUT2D eigenvalue weighted by Gasteiger charge is 2.95. The third-order valence-electron chi connectivity index (χ3n) is 8.60. The molecule has 0 radical (unpaired) electrons. The second-order valence-electron chi connectivity index (χ2n) is 10.5. The standard InChI is InChI=1S/C29H25N3O3/c33-25(31-29(12-13-29)28-17-27(28,18-28)26(34)35)23-8-4-7-20-11-14-32(24(20)23)16-22-10-9-21(15-30-22)19-5-2-1-3-6-19/h1-11,14-15H,12-13,16-18H2,(H,31,33)(H,34,35). The topological polar surface area (TPSA) is 84.2 Å². The Hall–Kier alpha value is -3.93. The lowest BCUT2D eigenvalue weighted by molar-refractivity contribution is -0.141. The van der Waals surface area contributed by atoms with Crippen molar-refractivity contribution in [2.45, 2.75) is 37.8 Å². The SMILES string of the molecule is O=C(NC1(C23CC2(C(=O)O)C3)CC1)c1cccc2ccn(Cc3ccc(-c4ccccc4)cn3)c12. The molecule has 0 spiro atoms. The van der Waals surface area contributed by atoms with Gasteiger partial charge < -0.3 is 15.0 Å². The Morgan fingerprint density at radius 3 is 2.40 bits per heavy atom. The molecule has 4 aromatic rings. The molecule has 7 rings (SSSR count). The first kappa shape index (κ1) is 20.4. The number of rotatable bonds is 7. The van der Waals surface area contributed by atoms with Crippen LogP contribution in [0.4, 0.5) is 0 Å². The zero-order chi connectivity index (χ0) is 23.8. The lowest BCUT2D eigenvalue weighted by Gasteiger charge is -2.21. The van der Waals surface area contributed by atoms with Gasteiger partial charge in [0.1, 0.15) is 0 Å². The number of para-hydroxylation sites is 1. The molecule has 0 atom stereocenters. The number of pyridine rings is 1. The minimum atomic E-state index is -0.709. The maximum atomic E-state index is 13.5. The van der Waals surface area contributed by atoms with E-state index in [1.54, 1.807) is 0 Å². The van der Waals surface area contributed by atoms with E-state index in [2.05, 4.69) is 33.1 Å². The number of amides is 1. The van der Waals surface area contributed by atoms with Crippen LogP contribution in [0.25, 0.3) is 22.0 Å². The van der Waals surface area contributed by atoms with E-state index in [-0.39, 0.29) is 16.9 Å². The molecule has 0 saturated heterocycles. The van der Waals surface area contributed by atoms with E-state index >= 15 is 0 Å². The van der Waals surface area contributed by atoms with Crippen LogP contribution < -0.4 is 5.32 Å². The largest absolute Gasteiger partial charge is 0.481 e. The van der Waals surface area contributed by atoms with Crippen LogP contribution in [0.1, 0.15) is 41.7 Å². The summed E-state index contributed by atoms with van der Waals surface area (Å²) in [6, 6.07) is 22.1. The monoisotopic (exact) mass is 463 g/mol. The molecule has 3 aliphatic rings. The van der Waals surface area contributed by atoms with Crippen molar-refractivity contribution < 1.29 is 14.7 Å². The van der Waals surface area contributed by atoms with E-state index < -0.39 is 11.4 Å². The number of hydrogen-bond donors (Lipinski definition) is 2. The van der Waals surface area contributed by atoms with Gasteiger partial charge in [-0.1, -0.05) is 48.5 Å². The Kier molecular flexibility index (Phi) is 3.98. The molecule has 3 fully saturated rings. The van der Waals surface area contributed by atoms with Gasteiger partial charge in [0.15, 0.2) is 0 Å². The minimum Gasteiger partial charge on any atom is -0.481 e. The van der Waals surface area contributed by atoms with Crippen LogP contribution in [0.2, 0.25) is 0 Å². The number of carboxylic acids is 1. The van der Waals surface area contributed by atoms with Crippen molar-refractivity contribution in [2.24, 2.45) is 10.8 Å². The van der Waals surface area contributed by atoms with Crippen LogP contribution in [0.3, 0.4) is 0 Å². The molecular formula is C29H25N3O3. The van der Waals surface area contributed by atoms with Gasteiger partial charge >= 0.3 is 5.97 Å². The summed E-state index contributed by atoms with van der Waals surface area (Å²) in [5.74, 6) is -0.826. The normalized spacial score (nSPS) is 25.0. The van der Waals surface area contributed by atoms with E-state index in [9.17, 15) is 14.7 Å². The van der Waals surface area contributed by atoms with Crippen LogP contribution >= 0.6 is 0 Å². The summed E-state index contributed by atoms with van der Waals surface area (Å²) in [5, 5.41) is 13.9. The number of aliphatic carboxylic acids is 1. The fourth-order valence-corrected chi connectivity index (χ4v) is 6.25. The lowest BCUT2D eigenvalue weighted by atomic mass is 10.0. The minimum absolute atomic E-state index is 0.118. The Balaban J connectivity index is 1.15. The van der Waals surface area contributed by atoms with Crippen LogP contribution in [-0.4, -0.2) is 32.1 Å². The number of carbonyl (C=O) groups excluding carboxylic acids is 1. The number of benzene rings is 2. The summed E-state index contributed by atoms with van der Waals surface area (Å²) in [7, 11) is 0. The molecule has 2 aromatic carbocycles. The van der Waals surface area contributed by atoms with Crippen LogP contribution in [0.5, 0.6) is 0 Å². The number of nitrogens with zero attached hydrogens (tertiary/aromatic N) is 2. The number of hydrogen-bond acceptors (Lipinski definition) is 3. The molecule has 0 bridgehead atoms. The van der Waals surface area contributed by atoms with Gasteiger partial charge in [0.2, 0.25) is 0 Å². The fraction of sp³-hybridized carbons (Fsp3) is 0.276. The molecule has 2 N–H and O–H groups in total. The molecule has 1 amide bonds. The first-order chi connectivity index (χ1) is 17.0. The molecule has 6 nitrogen and oxygen atoms in total. The number of fused-ring (bicyclic) bond motifs is 2. The van der Waals surface area contributed by atoms with Crippen LogP contribution in [0.15, 0.2) is 79.1 Å². The molecule has 3 aliphatic carbocycles. The van der Waals surface area contributed by atoms with Gasteiger partial charge in [0, 0.05) is 34.3 Å². The van der Waals surface area contributed by atoms with Gasteiger partial charge in [-0.3, -0.25) is 14.6 Å². The van der Waals surface area contributed by atoms with Crippen molar-refractivity contribution in [1.82, 2.24) is 14.9 Å². The van der Waals surface area contributed by atoms with Crippen molar-refractivity contribution in [3.05, 3.63) is 90.4 Å². The maximum Gasteiger partial charge on any atom is 0.310 e. The Morgan fingerprint density at radius 2 is 1.74 bits per heavy atom. The predicted molar refractivity (Wildman–Crippen MR) is 132 cm³/mol. The highest BCUT2D eigenvalue weighted by Crippen LogP contribution is 2.93. The van der Waals surface area contributed by atoms with Crippen LogP contribution in [-0.2, 0) is 11.3 Å². The predicted octanol–water partition coefficient (Wildman–Crippen LogP) is 4.88. The molecule has 0 unspecified atom stereocenters. The van der Waals surface area contributed by atoms with Crippen molar-refractivity contribution >= 4 is 22.8 Å². The zero-order valence-electron chi connectivity index (χ0n) is 19.2. The number of aromatic nitrogens is 2. The molecule has 3 saturated carbocycles. The second-order valence-corrected chi connectivity index (χ2v) is 10.5. The molecule has 2 heterocycles. The van der Waals surface area contributed by atoms with Crippen molar-refractivity contribution in [1.29, 1.82) is 0 Å². The number of carboxylic acid groups (broad SMARTS) is 1. The maximum absolute atomic E-state index is 13.5. The molecule has 6 heteroatoms. The molecule has 2 aromatic heterocycles. The third-order valence-corrected chi connectivity index (χ3v) is 8.60. The number of nitrogens with one attached hydrogen (secondary N) is 1. The number of carbonyl (C=O) groups is 2. The summed E-state index contributed by atoms with van der Waals surface area (Å²) in [6.45, 7) is 0.556. The van der Waals surface area contributed by atoms with Crippen molar-refractivity contribution in [3.63, 3.8) is 0 Å². The van der Waals surface area contributed by atoms with E-state index in [1.807, 2.05) is 60.9 Å². The first-order valence-electron chi connectivity index (χ1n) is 12.1. The van der Waals surface area contributed by atoms with Gasteiger partial charge in [-0.2, -0.15) is 0 Å². The van der Waals surface area contributed by atoms with Gasteiger partial charge in [-0.25, -0.2) is 0 Å². The molecule has 35 heavy (non-hydrogen) atoms. The van der Waals surface area contributed by atoms with Gasteiger partial charge in [-0.15, -0.1) is 0 Å². The molecule has 0 aliphatic heterocycles. The van der Waals surface area contributed by atoms with Gasteiger partial charge in [0.25, 0.3) is 5.91 Å². The van der Waals surface area contributed by atoms with Crippen LogP contribution in [0, 0.1) is 10.8 Å². The molecular weight excluding hydrogens is 438 g/mol. The molecule has 174 valence electrons. The Morgan fingerprint density at radius 1 is 0.943 bits per heavy atom. The highest BCUT2D eigenvalue weighted by molar-refractivity contribution is 6.06. The lowest BCUT2D eigenvalue weighted by Crippen LogP contribution is -2.41. The summed E-state index contributed by atoms with van der Waals surface area (Å²) in [4.78, 5) is 29.9. The smallest absolute Gasteiger partial charge is 0.310 e. The van der Waals surface area contributed by atoms with Gasteiger partial charge in [0.05, 0.1) is 28.7 Å². The second kappa shape index (κ2) is 6.81. The van der Waals surface area contributed by atoms with E-state index in [0.717, 1.165) is 40.6 Å². The summed E-state index contributed by atoms with van der Waals surface area (Å²) >= 11 is 0. The van der Waals surface area contributed by atoms with Crippen molar-refractivity contribution in [2.75, 3.05) is 0 Å². The first-order valence-corrected chi connectivity index (χ1v) is 12.1.